The number of benzene rings is 1. The number of nitrogens with one attached hydrogen (secondary N) is 1. The van der Waals surface area contributed by atoms with Crippen LogP contribution in [0.5, 0.6) is 0 Å². The van der Waals surface area contributed by atoms with Gasteiger partial charge in [-0.2, -0.15) is 4.31 Å². The quantitative estimate of drug-likeness (QED) is 0.680. The maximum absolute atomic E-state index is 12.5. The molecule has 0 aliphatic carbocycles. The molecule has 144 valence electrons. The Hall–Kier alpha value is -2.79. The van der Waals surface area contributed by atoms with E-state index in [-0.39, 0.29) is 29.6 Å². The van der Waals surface area contributed by atoms with E-state index in [2.05, 4.69) is 15.6 Å². The van der Waals surface area contributed by atoms with Crippen LogP contribution in [0, 0.1) is 0 Å². The lowest BCUT2D eigenvalue weighted by molar-refractivity contribution is -0.122. The first-order valence-corrected chi connectivity index (χ1v) is 9.79. The van der Waals surface area contributed by atoms with Crippen LogP contribution in [-0.2, 0) is 27.9 Å². The van der Waals surface area contributed by atoms with Gasteiger partial charge in [0.1, 0.15) is 6.54 Å². The molecule has 11 heteroatoms. The zero-order chi connectivity index (χ0) is 19.4. The zero-order valence-corrected chi connectivity index (χ0v) is 15.2. The number of carboxylic acid groups (broad SMARTS) is 1. The van der Waals surface area contributed by atoms with Crippen molar-refractivity contribution in [1.29, 1.82) is 0 Å². The number of amides is 1. The van der Waals surface area contributed by atoms with E-state index in [4.69, 9.17) is 5.11 Å². The van der Waals surface area contributed by atoms with Gasteiger partial charge >= 0.3 is 5.97 Å². The molecule has 2 heterocycles. The molecule has 3 rings (SSSR count). The van der Waals surface area contributed by atoms with Crippen LogP contribution in [0.15, 0.2) is 35.4 Å². The van der Waals surface area contributed by atoms with E-state index in [0.717, 1.165) is 23.1 Å². The van der Waals surface area contributed by atoms with Crippen LogP contribution in [0.2, 0.25) is 0 Å². The fourth-order valence-electron chi connectivity index (χ4n) is 2.73. The molecule has 0 radical (unpaired) electrons. The SMILES string of the molecule is O=C(Cn1cc(C(=O)O)nn1)NCc1ccc(S(=O)(=O)N2CCCC2)cc1. The Morgan fingerprint density at radius 1 is 1.15 bits per heavy atom. The predicted octanol–water partition coefficient (Wildman–Crippen LogP) is 0.0772. The zero-order valence-electron chi connectivity index (χ0n) is 14.4. The molecule has 2 N–H and O–H groups in total. The highest BCUT2D eigenvalue weighted by atomic mass is 32.2. The van der Waals surface area contributed by atoms with E-state index in [0.29, 0.717) is 13.1 Å². The van der Waals surface area contributed by atoms with Crippen LogP contribution in [0.3, 0.4) is 0 Å². The molecule has 10 nitrogen and oxygen atoms in total. The number of rotatable bonds is 7. The van der Waals surface area contributed by atoms with Gasteiger partial charge in [-0.25, -0.2) is 17.9 Å². The standard InChI is InChI=1S/C16H19N5O5S/c22-15(11-20-10-14(16(23)24)18-19-20)17-9-12-3-5-13(6-4-12)27(25,26)21-7-1-2-8-21/h3-6,10H,1-2,7-9,11H2,(H,17,22)(H,23,24). The van der Waals surface area contributed by atoms with Crippen LogP contribution in [0.1, 0.15) is 28.9 Å². The maximum Gasteiger partial charge on any atom is 0.358 e. The molecule has 1 aromatic heterocycles. The highest BCUT2D eigenvalue weighted by molar-refractivity contribution is 7.89. The summed E-state index contributed by atoms with van der Waals surface area (Å²) in [5.74, 6) is -1.59. The van der Waals surface area contributed by atoms with Gasteiger partial charge in [-0.1, -0.05) is 17.3 Å². The first kappa shape index (κ1) is 19.0. The van der Waals surface area contributed by atoms with Crippen molar-refractivity contribution in [3.63, 3.8) is 0 Å². The van der Waals surface area contributed by atoms with Gasteiger partial charge in [-0.3, -0.25) is 4.79 Å². The molecule has 0 saturated carbocycles. The molecule has 1 aliphatic heterocycles. The van der Waals surface area contributed by atoms with Crippen LogP contribution < -0.4 is 5.32 Å². The van der Waals surface area contributed by atoms with E-state index >= 15 is 0 Å². The molecule has 1 aromatic carbocycles. The molecule has 0 bridgehead atoms. The van der Waals surface area contributed by atoms with Gasteiger partial charge in [0.05, 0.1) is 11.1 Å². The van der Waals surface area contributed by atoms with Crippen molar-refractivity contribution in [2.45, 2.75) is 30.8 Å². The van der Waals surface area contributed by atoms with Crippen LogP contribution in [0.25, 0.3) is 0 Å². The molecular weight excluding hydrogens is 374 g/mol. The number of nitrogens with zero attached hydrogens (tertiary/aromatic N) is 4. The minimum Gasteiger partial charge on any atom is -0.476 e. The minimum atomic E-state index is -3.45. The summed E-state index contributed by atoms with van der Waals surface area (Å²) < 4.78 is 27.5. The third-order valence-corrected chi connectivity index (χ3v) is 6.09. The van der Waals surface area contributed by atoms with Gasteiger partial charge in [0.25, 0.3) is 0 Å². The van der Waals surface area contributed by atoms with Crippen LogP contribution in [0.4, 0.5) is 0 Å². The van der Waals surface area contributed by atoms with Gasteiger partial charge in [-0.05, 0) is 30.5 Å². The summed E-state index contributed by atoms with van der Waals surface area (Å²) in [7, 11) is -3.45. The van der Waals surface area contributed by atoms with Crippen molar-refractivity contribution in [3.05, 3.63) is 41.7 Å². The Labute approximate surface area is 155 Å². The highest BCUT2D eigenvalue weighted by Crippen LogP contribution is 2.21. The summed E-state index contributed by atoms with van der Waals surface area (Å²) in [5.41, 5.74) is 0.506. The van der Waals surface area contributed by atoms with Gasteiger partial charge in [0, 0.05) is 19.6 Å². The second-order valence-electron chi connectivity index (χ2n) is 6.14. The number of carboxylic acids is 1. The lowest BCUT2D eigenvalue weighted by atomic mass is 10.2. The smallest absolute Gasteiger partial charge is 0.358 e. The first-order valence-electron chi connectivity index (χ1n) is 8.35. The van der Waals surface area contributed by atoms with Gasteiger partial charge in [-0.15, -0.1) is 5.10 Å². The summed E-state index contributed by atoms with van der Waals surface area (Å²) >= 11 is 0. The Morgan fingerprint density at radius 2 is 1.81 bits per heavy atom. The molecule has 1 saturated heterocycles. The Bertz CT molecular complexity index is 932. The number of sulfonamides is 1. The molecule has 1 amide bonds. The maximum atomic E-state index is 12.5. The molecule has 0 spiro atoms. The fraction of sp³-hybridized carbons (Fsp3) is 0.375. The van der Waals surface area contributed by atoms with Crippen molar-refractivity contribution in [2.24, 2.45) is 0 Å². The summed E-state index contributed by atoms with van der Waals surface area (Å²) in [6, 6.07) is 6.37. The van der Waals surface area contributed by atoms with E-state index in [9.17, 15) is 18.0 Å². The molecule has 2 aromatic rings. The average molecular weight is 393 g/mol. The predicted molar refractivity (Wildman–Crippen MR) is 93.3 cm³/mol. The van der Waals surface area contributed by atoms with Crippen LogP contribution >= 0.6 is 0 Å². The molecule has 1 aliphatic rings. The highest BCUT2D eigenvalue weighted by Gasteiger charge is 2.26. The molecule has 0 unspecified atom stereocenters. The molecule has 27 heavy (non-hydrogen) atoms. The monoisotopic (exact) mass is 393 g/mol. The summed E-state index contributed by atoms with van der Waals surface area (Å²) in [6.07, 6.45) is 2.92. The Balaban J connectivity index is 1.55. The van der Waals surface area contributed by atoms with E-state index < -0.39 is 16.0 Å². The summed E-state index contributed by atoms with van der Waals surface area (Å²) in [5, 5.41) is 18.4. The van der Waals surface area contributed by atoms with Gasteiger partial charge in [0.15, 0.2) is 5.69 Å². The number of carbonyl (C=O) groups is 2. The second-order valence-corrected chi connectivity index (χ2v) is 8.08. The molecule has 0 atom stereocenters. The van der Waals surface area contributed by atoms with Crippen molar-refractivity contribution < 1.29 is 23.1 Å². The third kappa shape index (κ3) is 4.49. The van der Waals surface area contributed by atoms with Crippen molar-refractivity contribution in [1.82, 2.24) is 24.6 Å². The van der Waals surface area contributed by atoms with E-state index in [1.54, 1.807) is 12.1 Å². The second kappa shape index (κ2) is 7.84. The number of carbonyl (C=O) groups excluding carboxylic acids is 1. The Kier molecular flexibility index (Phi) is 5.51. The van der Waals surface area contributed by atoms with E-state index in [1.807, 2.05) is 0 Å². The van der Waals surface area contributed by atoms with Crippen molar-refractivity contribution in [2.75, 3.05) is 13.1 Å². The molecule has 1 fully saturated rings. The largest absolute Gasteiger partial charge is 0.476 e. The van der Waals surface area contributed by atoms with Crippen molar-refractivity contribution in [3.8, 4) is 0 Å². The van der Waals surface area contributed by atoms with Gasteiger partial charge < -0.3 is 10.4 Å². The minimum absolute atomic E-state index is 0.165. The van der Waals surface area contributed by atoms with E-state index in [1.165, 1.54) is 22.6 Å². The lowest BCUT2D eigenvalue weighted by Crippen LogP contribution is -2.28. The number of hydrogen-bond donors (Lipinski definition) is 2. The van der Waals surface area contributed by atoms with Gasteiger partial charge in [0.2, 0.25) is 15.9 Å². The fourth-order valence-corrected chi connectivity index (χ4v) is 4.25. The number of aromatic nitrogens is 3. The summed E-state index contributed by atoms with van der Waals surface area (Å²) in [6.45, 7) is 1.14. The molecular formula is C16H19N5O5S. The topological polar surface area (TPSA) is 134 Å². The van der Waals surface area contributed by atoms with Crippen molar-refractivity contribution >= 4 is 21.9 Å². The lowest BCUT2D eigenvalue weighted by Gasteiger charge is -2.15. The number of aromatic carboxylic acids is 1. The third-order valence-electron chi connectivity index (χ3n) is 4.18. The first-order chi connectivity index (χ1) is 12.9. The average Bonchev–Trinajstić information content (AvgIpc) is 3.32. The normalized spacial score (nSPS) is 15.0. The summed E-state index contributed by atoms with van der Waals surface area (Å²) in [4.78, 5) is 22.9. The Morgan fingerprint density at radius 3 is 2.41 bits per heavy atom. The number of hydrogen-bond acceptors (Lipinski definition) is 6. The van der Waals surface area contributed by atoms with Crippen LogP contribution in [-0.4, -0.2) is 57.8 Å².